The molecule has 0 radical (unpaired) electrons. The molecule has 2 aromatic rings. The average Bonchev–Trinajstić information content (AvgIpc) is 2.40. The van der Waals surface area contributed by atoms with Gasteiger partial charge in [0.2, 0.25) is 0 Å². The number of halogens is 2. The van der Waals surface area contributed by atoms with Gasteiger partial charge in [-0.3, -0.25) is 4.79 Å². The molecule has 3 nitrogen and oxygen atoms in total. The van der Waals surface area contributed by atoms with Crippen molar-refractivity contribution < 1.29 is 9.53 Å². The number of esters is 1. The molecule has 0 atom stereocenters. The van der Waals surface area contributed by atoms with Gasteiger partial charge in [-0.2, -0.15) is 0 Å². The Bertz CT molecular complexity index is 629. The Morgan fingerprint density at radius 3 is 2.55 bits per heavy atom. The number of carbonyl (C=O) groups is 1. The molecular weight excluding hydrogens is 297 g/mol. The van der Waals surface area contributed by atoms with Crippen LogP contribution in [0.4, 0.5) is 5.69 Å². The number of benzene rings is 2. The largest absolute Gasteiger partial charge is 0.461 e. The van der Waals surface area contributed by atoms with E-state index in [2.05, 4.69) is 0 Å². The molecule has 0 unspecified atom stereocenters. The molecule has 0 spiro atoms. The zero-order chi connectivity index (χ0) is 14.5. The zero-order valence-corrected chi connectivity index (χ0v) is 12.1. The summed E-state index contributed by atoms with van der Waals surface area (Å²) < 4.78 is 5.19. The molecule has 0 amide bonds. The smallest absolute Gasteiger partial charge is 0.310 e. The maximum absolute atomic E-state index is 11.7. The first-order valence-electron chi connectivity index (χ1n) is 5.98. The molecule has 0 saturated heterocycles. The maximum Gasteiger partial charge on any atom is 0.310 e. The monoisotopic (exact) mass is 309 g/mol. The molecular formula is C15H13Cl2NO2. The molecule has 2 aromatic carbocycles. The second-order valence-corrected chi connectivity index (χ2v) is 5.15. The Labute approximate surface area is 127 Å². The van der Waals surface area contributed by atoms with Gasteiger partial charge in [0.1, 0.15) is 6.61 Å². The fraction of sp³-hybridized carbons (Fsp3) is 0.133. The molecule has 0 saturated carbocycles. The molecule has 2 N–H and O–H groups in total. The van der Waals surface area contributed by atoms with E-state index in [1.54, 1.807) is 36.4 Å². The summed E-state index contributed by atoms with van der Waals surface area (Å²) >= 11 is 11.7. The van der Waals surface area contributed by atoms with Crippen LogP contribution in [0.25, 0.3) is 0 Å². The van der Waals surface area contributed by atoms with Crippen molar-refractivity contribution in [2.75, 3.05) is 5.73 Å². The third-order valence-electron chi connectivity index (χ3n) is 2.68. The first-order valence-corrected chi connectivity index (χ1v) is 6.74. The first kappa shape index (κ1) is 14.7. The normalized spacial score (nSPS) is 10.3. The fourth-order valence-corrected chi connectivity index (χ4v) is 2.03. The lowest BCUT2D eigenvalue weighted by Gasteiger charge is -2.06. The quantitative estimate of drug-likeness (QED) is 0.689. The number of hydrogen-bond donors (Lipinski definition) is 1. The van der Waals surface area contributed by atoms with Gasteiger partial charge in [0.15, 0.2) is 0 Å². The van der Waals surface area contributed by atoms with Crippen LogP contribution in [0.5, 0.6) is 0 Å². The van der Waals surface area contributed by atoms with Crippen LogP contribution in [0.1, 0.15) is 11.1 Å². The van der Waals surface area contributed by atoms with Gasteiger partial charge in [-0.15, -0.1) is 0 Å². The highest BCUT2D eigenvalue weighted by Gasteiger charge is 2.06. The number of carbonyl (C=O) groups excluding carboxylic acids is 1. The SMILES string of the molecule is Nc1cccc(CC(=O)OCc2ccc(Cl)c(Cl)c2)c1. The van der Waals surface area contributed by atoms with E-state index in [9.17, 15) is 4.79 Å². The van der Waals surface area contributed by atoms with Crippen molar-refractivity contribution in [2.45, 2.75) is 13.0 Å². The lowest BCUT2D eigenvalue weighted by Crippen LogP contribution is -2.08. The van der Waals surface area contributed by atoms with Crippen LogP contribution in [0.3, 0.4) is 0 Å². The van der Waals surface area contributed by atoms with Crippen molar-refractivity contribution >= 4 is 34.9 Å². The molecule has 0 bridgehead atoms. The summed E-state index contributed by atoms with van der Waals surface area (Å²) in [7, 11) is 0. The molecule has 104 valence electrons. The van der Waals surface area contributed by atoms with Crippen molar-refractivity contribution in [3.63, 3.8) is 0 Å². The summed E-state index contributed by atoms with van der Waals surface area (Å²) in [4.78, 5) is 11.7. The van der Waals surface area contributed by atoms with Crippen molar-refractivity contribution in [2.24, 2.45) is 0 Å². The highest BCUT2D eigenvalue weighted by Crippen LogP contribution is 2.23. The van der Waals surface area contributed by atoms with Crippen molar-refractivity contribution in [3.05, 3.63) is 63.6 Å². The van der Waals surface area contributed by atoms with Crippen LogP contribution in [0.2, 0.25) is 10.0 Å². The predicted octanol–water partition coefficient (Wildman–Crippen LogP) is 3.86. The van der Waals surface area contributed by atoms with Crippen LogP contribution >= 0.6 is 23.2 Å². The van der Waals surface area contributed by atoms with Crippen LogP contribution in [0.15, 0.2) is 42.5 Å². The fourth-order valence-electron chi connectivity index (χ4n) is 1.71. The summed E-state index contributed by atoms with van der Waals surface area (Å²) in [6.45, 7) is 0.165. The Morgan fingerprint density at radius 2 is 1.85 bits per heavy atom. The minimum atomic E-state index is -0.318. The molecule has 0 aliphatic carbocycles. The third-order valence-corrected chi connectivity index (χ3v) is 3.42. The summed E-state index contributed by atoms with van der Waals surface area (Å²) in [5.41, 5.74) is 7.89. The maximum atomic E-state index is 11.7. The van der Waals surface area contributed by atoms with Gasteiger partial charge >= 0.3 is 5.97 Å². The molecule has 0 aliphatic heterocycles. The number of hydrogen-bond acceptors (Lipinski definition) is 3. The van der Waals surface area contributed by atoms with E-state index in [0.717, 1.165) is 11.1 Å². The summed E-state index contributed by atoms with van der Waals surface area (Å²) in [6, 6.07) is 12.3. The lowest BCUT2D eigenvalue weighted by atomic mass is 10.1. The van der Waals surface area contributed by atoms with Gasteiger partial charge in [0, 0.05) is 5.69 Å². The third kappa shape index (κ3) is 4.15. The minimum absolute atomic E-state index is 0.165. The average molecular weight is 310 g/mol. The topological polar surface area (TPSA) is 52.3 Å². The van der Waals surface area contributed by atoms with Gasteiger partial charge in [-0.05, 0) is 35.4 Å². The predicted molar refractivity (Wildman–Crippen MR) is 80.8 cm³/mol. The molecule has 5 heteroatoms. The zero-order valence-electron chi connectivity index (χ0n) is 10.6. The van der Waals surface area contributed by atoms with E-state index in [1.807, 2.05) is 6.07 Å². The van der Waals surface area contributed by atoms with Gasteiger partial charge in [-0.1, -0.05) is 41.4 Å². The van der Waals surface area contributed by atoms with E-state index < -0.39 is 0 Å². The molecule has 0 fully saturated rings. The number of anilines is 1. The Kier molecular flexibility index (Phi) is 4.88. The van der Waals surface area contributed by atoms with E-state index in [0.29, 0.717) is 15.7 Å². The second-order valence-electron chi connectivity index (χ2n) is 4.33. The van der Waals surface area contributed by atoms with Crippen LogP contribution in [-0.2, 0) is 22.6 Å². The Hall–Kier alpha value is -1.71. The standard InChI is InChI=1S/C15H13Cl2NO2/c16-13-5-4-11(7-14(13)17)9-20-15(19)8-10-2-1-3-12(18)6-10/h1-7H,8-9,18H2. The summed E-state index contributed by atoms with van der Waals surface area (Å²) in [6.07, 6.45) is 0.187. The summed E-state index contributed by atoms with van der Waals surface area (Å²) in [5.74, 6) is -0.318. The molecule has 0 heterocycles. The van der Waals surface area contributed by atoms with E-state index >= 15 is 0 Å². The highest BCUT2D eigenvalue weighted by atomic mass is 35.5. The Morgan fingerprint density at radius 1 is 1.05 bits per heavy atom. The van der Waals surface area contributed by atoms with Crippen molar-refractivity contribution in [1.29, 1.82) is 0 Å². The van der Waals surface area contributed by atoms with Gasteiger partial charge in [0.25, 0.3) is 0 Å². The van der Waals surface area contributed by atoms with Gasteiger partial charge in [-0.25, -0.2) is 0 Å². The molecule has 0 aromatic heterocycles. The molecule has 20 heavy (non-hydrogen) atoms. The number of nitrogen functional groups attached to an aromatic ring is 1. The number of ether oxygens (including phenoxy) is 1. The van der Waals surface area contributed by atoms with Crippen LogP contribution in [-0.4, -0.2) is 5.97 Å². The number of rotatable bonds is 4. The van der Waals surface area contributed by atoms with Crippen molar-refractivity contribution in [3.8, 4) is 0 Å². The molecule has 0 aliphatic rings. The van der Waals surface area contributed by atoms with Gasteiger partial charge < -0.3 is 10.5 Å². The minimum Gasteiger partial charge on any atom is -0.461 e. The van der Waals surface area contributed by atoms with Crippen LogP contribution < -0.4 is 5.73 Å². The van der Waals surface area contributed by atoms with Gasteiger partial charge in [0.05, 0.1) is 16.5 Å². The first-order chi connectivity index (χ1) is 9.54. The number of nitrogens with two attached hydrogens (primary N) is 1. The lowest BCUT2D eigenvalue weighted by molar-refractivity contribution is -0.144. The van der Waals surface area contributed by atoms with E-state index in [-0.39, 0.29) is 19.0 Å². The Balaban J connectivity index is 1.90. The van der Waals surface area contributed by atoms with E-state index in [4.69, 9.17) is 33.7 Å². The van der Waals surface area contributed by atoms with Crippen molar-refractivity contribution in [1.82, 2.24) is 0 Å². The highest BCUT2D eigenvalue weighted by molar-refractivity contribution is 6.42. The summed E-state index contributed by atoms with van der Waals surface area (Å²) in [5, 5.41) is 0.914. The second kappa shape index (κ2) is 6.64. The van der Waals surface area contributed by atoms with E-state index in [1.165, 1.54) is 0 Å². The molecule has 2 rings (SSSR count). The van der Waals surface area contributed by atoms with Crippen LogP contribution in [0, 0.1) is 0 Å².